The van der Waals surface area contributed by atoms with Gasteiger partial charge in [-0.25, -0.2) is 0 Å². The first kappa shape index (κ1) is 9.35. The Kier molecular flexibility index (Phi) is 6.72. The smallest absolute Gasteiger partial charge is 0.0273 e. The Morgan fingerprint density at radius 2 is 2.00 bits per heavy atom. The fourth-order valence-electron chi connectivity index (χ4n) is 0.493. The van der Waals surface area contributed by atoms with E-state index < -0.39 is 0 Å². The van der Waals surface area contributed by atoms with E-state index in [1.807, 2.05) is 11.8 Å². The van der Waals surface area contributed by atoms with Crippen molar-refractivity contribution in [3.05, 3.63) is 5.25 Å². The second kappa shape index (κ2) is 6.47. The minimum atomic E-state index is 1.23. The predicted octanol–water partition coefficient (Wildman–Crippen LogP) is 3.48. The maximum absolute atomic E-state index is 2.24. The van der Waals surface area contributed by atoms with E-state index in [4.69, 9.17) is 0 Å². The standard InChI is InChI=1S/C8H17S/c1-4-6-7-9-8(3)5-2/h4-7H2,1-3H3. The molecule has 1 heteroatoms. The Morgan fingerprint density at radius 3 is 2.44 bits per heavy atom. The van der Waals surface area contributed by atoms with Crippen LogP contribution in [0.4, 0.5) is 0 Å². The third kappa shape index (κ3) is 6.23. The van der Waals surface area contributed by atoms with Gasteiger partial charge in [0.05, 0.1) is 0 Å². The summed E-state index contributed by atoms with van der Waals surface area (Å²) in [7, 11) is 0. The third-order valence-electron chi connectivity index (χ3n) is 1.34. The molecule has 0 aliphatic rings. The number of hydrogen-bond donors (Lipinski definition) is 0. The maximum atomic E-state index is 2.24. The van der Waals surface area contributed by atoms with Crippen LogP contribution in [0.5, 0.6) is 0 Å². The minimum Gasteiger partial charge on any atom is -0.154 e. The molecule has 0 aromatic heterocycles. The average Bonchev–Trinajstić information content (AvgIpc) is 1.89. The van der Waals surface area contributed by atoms with Gasteiger partial charge in [-0.15, -0.1) is 0 Å². The summed E-state index contributed by atoms with van der Waals surface area (Å²) in [5, 5.41) is 1.57. The molecule has 9 heavy (non-hydrogen) atoms. The highest BCUT2D eigenvalue weighted by molar-refractivity contribution is 8.02. The van der Waals surface area contributed by atoms with Gasteiger partial charge in [0.1, 0.15) is 0 Å². The van der Waals surface area contributed by atoms with Crippen LogP contribution in [0.25, 0.3) is 0 Å². The highest BCUT2D eigenvalue weighted by Crippen LogP contribution is 2.22. The van der Waals surface area contributed by atoms with E-state index in [1.165, 1.54) is 25.0 Å². The number of rotatable bonds is 5. The lowest BCUT2D eigenvalue weighted by molar-refractivity contribution is 0.894. The molecular formula is C8H17S. The zero-order valence-electron chi connectivity index (χ0n) is 6.74. The van der Waals surface area contributed by atoms with E-state index in [0.29, 0.717) is 0 Å². The Balaban J connectivity index is 2.88. The van der Waals surface area contributed by atoms with Gasteiger partial charge in [-0.2, -0.15) is 11.8 Å². The van der Waals surface area contributed by atoms with Crippen LogP contribution in [0.1, 0.15) is 40.0 Å². The van der Waals surface area contributed by atoms with Crippen molar-refractivity contribution < 1.29 is 0 Å². The first-order chi connectivity index (χ1) is 4.31. The Labute approximate surface area is 63.4 Å². The van der Waals surface area contributed by atoms with Gasteiger partial charge < -0.3 is 0 Å². The average molecular weight is 145 g/mol. The van der Waals surface area contributed by atoms with E-state index >= 15 is 0 Å². The zero-order chi connectivity index (χ0) is 7.11. The molecule has 0 unspecified atom stereocenters. The van der Waals surface area contributed by atoms with E-state index in [0.717, 1.165) is 0 Å². The van der Waals surface area contributed by atoms with Gasteiger partial charge in [-0.1, -0.05) is 20.3 Å². The van der Waals surface area contributed by atoms with E-state index in [9.17, 15) is 0 Å². The topological polar surface area (TPSA) is 0 Å². The molecule has 0 aromatic carbocycles. The van der Waals surface area contributed by atoms with Crippen molar-refractivity contribution in [3.63, 3.8) is 0 Å². The summed E-state index contributed by atoms with van der Waals surface area (Å²) in [4.78, 5) is 0. The lowest BCUT2D eigenvalue weighted by Gasteiger charge is -2.04. The van der Waals surface area contributed by atoms with Gasteiger partial charge in [-0.3, -0.25) is 0 Å². The monoisotopic (exact) mass is 145 g/mol. The quantitative estimate of drug-likeness (QED) is 0.534. The van der Waals surface area contributed by atoms with Crippen LogP contribution >= 0.6 is 11.8 Å². The Bertz CT molecular complexity index is 52.5. The maximum Gasteiger partial charge on any atom is 0.0273 e. The van der Waals surface area contributed by atoms with Crippen molar-refractivity contribution in [2.75, 3.05) is 5.75 Å². The molecule has 0 aliphatic carbocycles. The lowest BCUT2D eigenvalue weighted by Crippen LogP contribution is -1.84. The van der Waals surface area contributed by atoms with Gasteiger partial charge in [0, 0.05) is 5.25 Å². The summed E-state index contributed by atoms with van der Waals surface area (Å²) in [6.45, 7) is 6.68. The minimum absolute atomic E-state index is 1.23. The lowest BCUT2D eigenvalue weighted by atomic mass is 10.4. The summed E-state index contributed by atoms with van der Waals surface area (Å²) >= 11 is 2.02. The highest BCUT2D eigenvalue weighted by atomic mass is 32.2. The Hall–Kier alpha value is 0.350. The molecule has 0 heterocycles. The number of hydrogen-bond acceptors (Lipinski definition) is 1. The molecule has 0 nitrogen and oxygen atoms in total. The molecule has 0 aliphatic heterocycles. The van der Waals surface area contributed by atoms with Crippen molar-refractivity contribution in [2.45, 2.75) is 40.0 Å². The van der Waals surface area contributed by atoms with Crippen LogP contribution in [0.2, 0.25) is 0 Å². The van der Waals surface area contributed by atoms with Crippen molar-refractivity contribution >= 4 is 11.8 Å². The van der Waals surface area contributed by atoms with Crippen molar-refractivity contribution in [2.24, 2.45) is 0 Å². The van der Waals surface area contributed by atoms with Crippen LogP contribution < -0.4 is 0 Å². The molecule has 0 saturated heterocycles. The summed E-state index contributed by atoms with van der Waals surface area (Å²) in [5.41, 5.74) is 0. The molecule has 55 valence electrons. The van der Waals surface area contributed by atoms with E-state index in [1.54, 1.807) is 5.25 Å². The van der Waals surface area contributed by atoms with Gasteiger partial charge >= 0.3 is 0 Å². The fraction of sp³-hybridized carbons (Fsp3) is 0.875. The zero-order valence-corrected chi connectivity index (χ0v) is 7.55. The van der Waals surface area contributed by atoms with Gasteiger partial charge in [0.2, 0.25) is 0 Å². The van der Waals surface area contributed by atoms with Crippen LogP contribution in [0.15, 0.2) is 0 Å². The molecular weight excluding hydrogens is 128 g/mol. The molecule has 0 spiro atoms. The molecule has 0 N–H and O–H groups in total. The summed E-state index contributed by atoms with van der Waals surface area (Å²) < 4.78 is 0. The third-order valence-corrected chi connectivity index (χ3v) is 2.62. The van der Waals surface area contributed by atoms with Gasteiger partial charge in [0.25, 0.3) is 0 Å². The molecule has 0 saturated carbocycles. The van der Waals surface area contributed by atoms with Crippen LogP contribution in [0.3, 0.4) is 0 Å². The predicted molar refractivity (Wildman–Crippen MR) is 46.6 cm³/mol. The first-order valence-corrected chi connectivity index (χ1v) is 4.75. The normalized spacial score (nSPS) is 10.7. The van der Waals surface area contributed by atoms with Gasteiger partial charge in [-0.05, 0) is 25.5 Å². The number of unbranched alkanes of at least 4 members (excludes halogenated alkanes) is 1. The van der Waals surface area contributed by atoms with Crippen LogP contribution in [0, 0.1) is 5.25 Å². The fourth-order valence-corrected chi connectivity index (χ4v) is 1.48. The highest BCUT2D eigenvalue weighted by Gasteiger charge is 1.96. The Morgan fingerprint density at radius 1 is 1.33 bits per heavy atom. The van der Waals surface area contributed by atoms with Crippen LogP contribution in [-0.2, 0) is 0 Å². The molecule has 0 aromatic rings. The van der Waals surface area contributed by atoms with Crippen molar-refractivity contribution in [3.8, 4) is 0 Å². The number of thioether (sulfide) groups is 1. The second-order valence-corrected chi connectivity index (χ2v) is 3.65. The van der Waals surface area contributed by atoms with Crippen molar-refractivity contribution in [1.82, 2.24) is 0 Å². The first-order valence-electron chi connectivity index (χ1n) is 3.76. The van der Waals surface area contributed by atoms with E-state index in [-0.39, 0.29) is 0 Å². The van der Waals surface area contributed by atoms with Crippen LogP contribution in [-0.4, -0.2) is 5.75 Å². The molecule has 0 fully saturated rings. The molecule has 0 bridgehead atoms. The van der Waals surface area contributed by atoms with E-state index in [2.05, 4.69) is 20.8 Å². The van der Waals surface area contributed by atoms with Gasteiger partial charge in [0.15, 0.2) is 0 Å². The molecule has 0 rings (SSSR count). The summed E-state index contributed by atoms with van der Waals surface area (Å²) in [6.07, 6.45) is 3.92. The SMILES string of the molecule is CCCCS[C](C)CC. The molecule has 1 radical (unpaired) electrons. The largest absolute Gasteiger partial charge is 0.154 e. The summed E-state index contributed by atoms with van der Waals surface area (Å²) in [5.74, 6) is 1.32. The van der Waals surface area contributed by atoms with Crippen molar-refractivity contribution in [1.29, 1.82) is 0 Å². The molecule has 0 atom stereocenters. The summed E-state index contributed by atoms with van der Waals surface area (Å²) in [6, 6.07) is 0. The second-order valence-electron chi connectivity index (χ2n) is 2.26. The molecule has 0 amide bonds.